The summed E-state index contributed by atoms with van der Waals surface area (Å²) < 4.78 is 0. The maximum atomic E-state index is 9.08. The first-order valence-electron chi connectivity index (χ1n) is 4.08. The highest BCUT2D eigenvalue weighted by Crippen LogP contribution is 2.25. The first-order chi connectivity index (χ1) is 6.84. The first kappa shape index (κ1) is 9.02. The van der Waals surface area contributed by atoms with E-state index in [1.54, 1.807) is 30.6 Å². The molecule has 0 saturated heterocycles. The summed E-state index contributed by atoms with van der Waals surface area (Å²) >= 11 is 1.46. The van der Waals surface area contributed by atoms with Gasteiger partial charge in [-0.3, -0.25) is 0 Å². The number of nitrogens with zero attached hydrogens (tertiary/aromatic N) is 2. The predicted molar refractivity (Wildman–Crippen MR) is 54.3 cm³/mol. The van der Waals surface area contributed by atoms with Crippen molar-refractivity contribution in [1.29, 1.82) is 0 Å². The van der Waals surface area contributed by atoms with Crippen molar-refractivity contribution >= 4 is 11.8 Å². The fraction of sp³-hybridized carbons (Fsp3) is 0. The van der Waals surface area contributed by atoms with Crippen LogP contribution in [0.15, 0.2) is 52.8 Å². The third kappa shape index (κ3) is 2.23. The molecule has 1 aromatic heterocycles. The Hall–Kier alpha value is -1.55. The molecule has 0 aliphatic heterocycles. The third-order valence-corrected chi connectivity index (χ3v) is 2.49. The van der Waals surface area contributed by atoms with Gasteiger partial charge in [0.1, 0.15) is 5.75 Å². The highest BCUT2D eigenvalue weighted by atomic mass is 32.2. The van der Waals surface area contributed by atoms with Gasteiger partial charge in [0.05, 0.1) is 0 Å². The van der Waals surface area contributed by atoms with Crippen molar-refractivity contribution < 1.29 is 5.11 Å². The monoisotopic (exact) mass is 204 g/mol. The fourth-order valence-corrected chi connectivity index (χ4v) is 1.67. The third-order valence-electron chi connectivity index (χ3n) is 1.59. The molecular formula is C10H8N2OS. The molecule has 4 heteroatoms. The van der Waals surface area contributed by atoms with Crippen molar-refractivity contribution in [2.24, 2.45) is 0 Å². The average molecular weight is 204 g/mol. The summed E-state index contributed by atoms with van der Waals surface area (Å²) in [5.41, 5.74) is 0. The van der Waals surface area contributed by atoms with E-state index in [1.165, 1.54) is 11.8 Å². The van der Waals surface area contributed by atoms with Crippen LogP contribution in [0.25, 0.3) is 0 Å². The van der Waals surface area contributed by atoms with E-state index in [0.717, 1.165) is 4.90 Å². The van der Waals surface area contributed by atoms with Crippen LogP contribution in [0, 0.1) is 0 Å². The molecule has 0 unspecified atom stereocenters. The standard InChI is InChI=1S/C10H8N2OS/c13-8-2-4-9(5-3-8)14-10-11-6-1-7-12-10/h1-7,13H. The smallest absolute Gasteiger partial charge is 0.192 e. The van der Waals surface area contributed by atoms with E-state index in [9.17, 15) is 0 Å². The summed E-state index contributed by atoms with van der Waals surface area (Å²) in [5.74, 6) is 0.267. The van der Waals surface area contributed by atoms with Gasteiger partial charge in [0, 0.05) is 17.3 Å². The highest BCUT2D eigenvalue weighted by Gasteiger charge is 1.98. The largest absolute Gasteiger partial charge is 0.508 e. The molecule has 0 spiro atoms. The zero-order chi connectivity index (χ0) is 9.80. The Morgan fingerprint density at radius 3 is 2.29 bits per heavy atom. The van der Waals surface area contributed by atoms with E-state index in [1.807, 2.05) is 12.1 Å². The SMILES string of the molecule is Oc1ccc(Sc2ncccn2)cc1. The second-order valence-corrected chi connectivity index (χ2v) is 3.67. The van der Waals surface area contributed by atoms with Crippen LogP contribution in [0.4, 0.5) is 0 Å². The lowest BCUT2D eigenvalue weighted by atomic mass is 10.3. The number of aromatic hydroxyl groups is 1. The number of aromatic nitrogens is 2. The number of hydrogen-bond acceptors (Lipinski definition) is 4. The molecule has 0 saturated carbocycles. The zero-order valence-corrected chi connectivity index (χ0v) is 8.11. The summed E-state index contributed by atoms with van der Waals surface area (Å²) in [5, 5.41) is 9.79. The number of phenolic OH excluding ortho intramolecular Hbond substituents is 1. The molecule has 0 aliphatic rings. The van der Waals surface area contributed by atoms with Gasteiger partial charge >= 0.3 is 0 Å². The number of rotatable bonds is 2. The zero-order valence-electron chi connectivity index (χ0n) is 7.29. The van der Waals surface area contributed by atoms with Gasteiger partial charge in [0.15, 0.2) is 5.16 Å². The first-order valence-corrected chi connectivity index (χ1v) is 4.90. The van der Waals surface area contributed by atoms with E-state index in [-0.39, 0.29) is 5.75 Å². The van der Waals surface area contributed by atoms with E-state index < -0.39 is 0 Å². The molecular weight excluding hydrogens is 196 g/mol. The van der Waals surface area contributed by atoms with Crippen molar-refractivity contribution in [3.8, 4) is 5.75 Å². The molecule has 1 aromatic carbocycles. The van der Waals surface area contributed by atoms with Crippen LogP contribution in [0.1, 0.15) is 0 Å². The molecule has 2 rings (SSSR count). The summed E-state index contributed by atoms with van der Waals surface area (Å²) in [6.45, 7) is 0. The summed E-state index contributed by atoms with van der Waals surface area (Å²) in [6, 6.07) is 8.73. The number of hydrogen-bond donors (Lipinski definition) is 1. The summed E-state index contributed by atoms with van der Waals surface area (Å²) in [4.78, 5) is 9.18. The molecule has 0 bridgehead atoms. The van der Waals surface area contributed by atoms with Gasteiger partial charge in [-0.25, -0.2) is 9.97 Å². The maximum absolute atomic E-state index is 9.08. The Morgan fingerprint density at radius 2 is 1.64 bits per heavy atom. The molecule has 3 nitrogen and oxygen atoms in total. The van der Waals surface area contributed by atoms with Crippen LogP contribution in [-0.2, 0) is 0 Å². The molecule has 1 N–H and O–H groups in total. The van der Waals surface area contributed by atoms with Crippen LogP contribution in [0.5, 0.6) is 5.75 Å². The van der Waals surface area contributed by atoms with Gasteiger partial charge in [0.2, 0.25) is 0 Å². The van der Waals surface area contributed by atoms with Gasteiger partial charge < -0.3 is 5.11 Å². The van der Waals surface area contributed by atoms with Crippen LogP contribution < -0.4 is 0 Å². The molecule has 0 radical (unpaired) electrons. The normalized spacial score (nSPS) is 10.0. The molecule has 0 atom stereocenters. The lowest BCUT2D eigenvalue weighted by Crippen LogP contribution is -1.82. The molecule has 0 amide bonds. The lowest BCUT2D eigenvalue weighted by Gasteiger charge is -1.98. The van der Waals surface area contributed by atoms with E-state index >= 15 is 0 Å². The predicted octanol–water partition coefficient (Wildman–Crippen LogP) is 2.33. The molecule has 0 aliphatic carbocycles. The quantitative estimate of drug-likeness (QED) is 0.763. The molecule has 0 fully saturated rings. The minimum Gasteiger partial charge on any atom is -0.508 e. The molecule has 2 aromatic rings. The molecule has 70 valence electrons. The summed E-state index contributed by atoms with van der Waals surface area (Å²) in [7, 11) is 0. The Bertz CT molecular complexity index is 402. The van der Waals surface area contributed by atoms with Crippen LogP contribution in [-0.4, -0.2) is 15.1 Å². The highest BCUT2D eigenvalue weighted by molar-refractivity contribution is 7.99. The van der Waals surface area contributed by atoms with Crippen molar-refractivity contribution in [3.05, 3.63) is 42.7 Å². The second-order valence-electron chi connectivity index (χ2n) is 2.63. The average Bonchev–Trinajstić information content (AvgIpc) is 2.23. The molecule has 14 heavy (non-hydrogen) atoms. The van der Waals surface area contributed by atoms with Gasteiger partial charge in [-0.1, -0.05) is 0 Å². The van der Waals surface area contributed by atoms with Crippen LogP contribution >= 0.6 is 11.8 Å². The molecule has 1 heterocycles. The van der Waals surface area contributed by atoms with Crippen LogP contribution in [0.3, 0.4) is 0 Å². The van der Waals surface area contributed by atoms with E-state index in [0.29, 0.717) is 5.16 Å². The minimum atomic E-state index is 0.267. The van der Waals surface area contributed by atoms with Crippen molar-refractivity contribution in [2.45, 2.75) is 10.1 Å². The maximum Gasteiger partial charge on any atom is 0.192 e. The number of benzene rings is 1. The number of phenols is 1. The Labute approximate surface area is 85.8 Å². The van der Waals surface area contributed by atoms with Gasteiger partial charge in [0.25, 0.3) is 0 Å². The van der Waals surface area contributed by atoms with Gasteiger partial charge in [-0.05, 0) is 42.1 Å². The van der Waals surface area contributed by atoms with E-state index in [4.69, 9.17) is 5.11 Å². The minimum absolute atomic E-state index is 0.267. The second kappa shape index (κ2) is 4.11. The topological polar surface area (TPSA) is 46.0 Å². The van der Waals surface area contributed by atoms with Gasteiger partial charge in [-0.15, -0.1) is 0 Å². The fourth-order valence-electron chi connectivity index (χ4n) is 0.958. The lowest BCUT2D eigenvalue weighted by molar-refractivity contribution is 0.475. The van der Waals surface area contributed by atoms with Gasteiger partial charge in [-0.2, -0.15) is 0 Å². The van der Waals surface area contributed by atoms with Crippen molar-refractivity contribution in [1.82, 2.24) is 9.97 Å². The Kier molecular flexibility index (Phi) is 2.65. The Morgan fingerprint density at radius 1 is 1.00 bits per heavy atom. The van der Waals surface area contributed by atoms with Crippen LogP contribution in [0.2, 0.25) is 0 Å². The Balaban J connectivity index is 2.16. The van der Waals surface area contributed by atoms with Crippen molar-refractivity contribution in [2.75, 3.05) is 0 Å². The van der Waals surface area contributed by atoms with Crippen molar-refractivity contribution in [3.63, 3.8) is 0 Å². The van der Waals surface area contributed by atoms with E-state index in [2.05, 4.69) is 9.97 Å². The summed E-state index contributed by atoms with van der Waals surface area (Å²) in [6.07, 6.45) is 3.41.